The third kappa shape index (κ3) is 6.72. The number of ether oxygens (including phenoxy) is 1. The fourth-order valence-electron chi connectivity index (χ4n) is 2.30. The predicted molar refractivity (Wildman–Crippen MR) is 98.7 cm³/mol. The minimum Gasteiger partial charge on any atom is -0.489 e. The van der Waals surface area contributed by atoms with E-state index in [-0.39, 0.29) is 36.5 Å². The molecule has 0 bridgehead atoms. The van der Waals surface area contributed by atoms with Gasteiger partial charge in [0.25, 0.3) is 0 Å². The summed E-state index contributed by atoms with van der Waals surface area (Å²) in [6, 6.07) is 12.6. The number of nitrogens with one attached hydrogen (secondary N) is 2. The molecule has 7 heteroatoms. The first-order valence-electron chi connectivity index (χ1n) is 8.06. The standard InChI is InChI=1S/C19H20ClFN2O3/c1-13(24)22-17(11-20)10-19(25)23-16-5-7-18(8-6-16)26-12-14-3-2-4-15(21)9-14/h2-9,17H,10-12H2,1H3,(H,22,24)(H,23,25)/t17-/m0/s1. The summed E-state index contributed by atoms with van der Waals surface area (Å²) in [4.78, 5) is 23.0. The van der Waals surface area contributed by atoms with Crippen LogP contribution in [0.5, 0.6) is 5.75 Å². The maximum absolute atomic E-state index is 13.1. The minimum atomic E-state index is -0.414. The number of halogens is 2. The van der Waals surface area contributed by atoms with Gasteiger partial charge in [-0.15, -0.1) is 11.6 Å². The van der Waals surface area contributed by atoms with Crippen molar-refractivity contribution >= 4 is 29.1 Å². The van der Waals surface area contributed by atoms with Crippen LogP contribution in [-0.2, 0) is 16.2 Å². The van der Waals surface area contributed by atoms with E-state index in [4.69, 9.17) is 16.3 Å². The highest BCUT2D eigenvalue weighted by Gasteiger charge is 2.14. The molecule has 2 aromatic rings. The van der Waals surface area contributed by atoms with Crippen molar-refractivity contribution in [2.45, 2.75) is 26.0 Å². The molecule has 0 saturated heterocycles. The number of hydrogen-bond donors (Lipinski definition) is 2. The lowest BCUT2D eigenvalue weighted by Crippen LogP contribution is -2.37. The van der Waals surface area contributed by atoms with Crippen LogP contribution < -0.4 is 15.4 Å². The van der Waals surface area contributed by atoms with Gasteiger partial charge < -0.3 is 15.4 Å². The van der Waals surface area contributed by atoms with Crippen LogP contribution >= 0.6 is 11.6 Å². The van der Waals surface area contributed by atoms with Crippen molar-refractivity contribution in [1.29, 1.82) is 0 Å². The van der Waals surface area contributed by atoms with E-state index < -0.39 is 6.04 Å². The lowest BCUT2D eigenvalue weighted by Gasteiger charge is -2.14. The third-order valence-electron chi connectivity index (χ3n) is 3.46. The molecule has 0 aliphatic rings. The van der Waals surface area contributed by atoms with E-state index in [0.717, 1.165) is 5.56 Å². The van der Waals surface area contributed by atoms with E-state index in [1.807, 2.05) is 0 Å². The van der Waals surface area contributed by atoms with Crippen molar-refractivity contribution in [2.75, 3.05) is 11.2 Å². The molecule has 0 heterocycles. The first-order chi connectivity index (χ1) is 12.5. The Balaban J connectivity index is 1.84. The fraction of sp³-hybridized carbons (Fsp3) is 0.263. The molecule has 0 unspecified atom stereocenters. The van der Waals surface area contributed by atoms with Gasteiger partial charge in [-0.1, -0.05) is 12.1 Å². The molecule has 2 aromatic carbocycles. The summed E-state index contributed by atoms with van der Waals surface area (Å²) in [6.45, 7) is 1.62. The summed E-state index contributed by atoms with van der Waals surface area (Å²) < 4.78 is 18.7. The van der Waals surface area contributed by atoms with Gasteiger partial charge in [-0.2, -0.15) is 0 Å². The number of amides is 2. The lowest BCUT2D eigenvalue weighted by molar-refractivity contribution is -0.120. The second kappa shape index (κ2) is 9.77. The van der Waals surface area contributed by atoms with Gasteiger partial charge in [-0.3, -0.25) is 9.59 Å². The molecule has 26 heavy (non-hydrogen) atoms. The Labute approximate surface area is 156 Å². The highest BCUT2D eigenvalue weighted by atomic mass is 35.5. The maximum atomic E-state index is 13.1. The highest BCUT2D eigenvalue weighted by molar-refractivity contribution is 6.18. The quantitative estimate of drug-likeness (QED) is 0.691. The van der Waals surface area contributed by atoms with Crippen LogP contribution in [0.1, 0.15) is 18.9 Å². The van der Waals surface area contributed by atoms with Gasteiger partial charge in [-0.05, 0) is 42.0 Å². The fourth-order valence-corrected chi connectivity index (χ4v) is 2.48. The lowest BCUT2D eigenvalue weighted by atomic mass is 10.2. The number of carbonyl (C=O) groups is 2. The Morgan fingerprint density at radius 2 is 1.92 bits per heavy atom. The molecular formula is C19H20ClFN2O3. The second-order valence-electron chi connectivity index (χ2n) is 5.75. The summed E-state index contributed by atoms with van der Waals surface area (Å²) >= 11 is 5.74. The molecule has 2 rings (SSSR count). The first kappa shape index (κ1) is 19.7. The Bertz CT molecular complexity index is 753. The van der Waals surface area contributed by atoms with Crippen LogP contribution in [0.4, 0.5) is 10.1 Å². The van der Waals surface area contributed by atoms with E-state index in [0.29, 0.717) is 11.4 Å². The second-order valence-corrected chi connectivity index (χ2v) is 6.06. The largest absolute Gasteiger partial charge is 0.489 e. The van der Waals surface area contributed by atoms with Crippen molar-refractivity contribution in [2.24, 2.45) is 0 Å². The molecule has 138 valence electrons. The van der Waals surface area contributed by atoms with Gasteiger partial charge in [0.2, 0.25) is 11.8 Å². The van der Waals surface area contributed by atoms with Gasteiger partial charge in [0.05, 0.1) is 6.04 Å². The normalized spacial score (nSPS) is 11.5. The van der Waals surface area contributed by atoms with Gasteiger partial charge in [0, 0.05) is 24.9 Å². The molecule has 0 spiro atoms. The zero-order valence-electron chi connectivity index (χ0n) is 14.3. The number of carbonyl (C=O) groups excluding carboxylic acids is 2. The average Bonchev–Trinajstić information content (AvgIpc) is 2.60. The zero-order valence-corrected chi connectivity index (χ0v) is 15.1. The zero-order chi connectivity index (χ0) is 18.9. The molecule has 2 N–H and O–H groups in total. The number of alkyl halides is 1. The number of hydrogen-bond acceptors (Lipinski definition) is 3. The molecule has 0 radical (unpaired) electrons. The van der Waals surface area contributed by atoms with Gasteiger partial charge in [0.15, 0.2) is 0 Å². The molecular weight excluding hydrogens is 359 g/mol. The van der Waals surface area contributed by atoms with E-state index in [9.17, 15) is 14.0 Å². The third-order valence-corrected chi connectivity index (χ3v) is 3.83. The Morgan fingerprint density at radius 1 is 1.19 bits per heavy atom. The van der Waals surface area contributed by atoms with Gasteiger partial charge >= 0.3 is 0 Å². The van der Waals surface area contributed by atoms with Crippen molar-refractivity contribution < 1.29 is 18.7 Å². The van der Waals surface area contributed by atoms with E-state index in [1.165, 1.54) is 19.1 Å². The summed E-state index contributed by atoms with van der Waals surface area (Å²) in [5.41, 5.74) is 1.33. The summed E-state index contributed by atoms with van der Waals surface area (Å²) in [7, 11) is 0. The molecule has 0 fully saturated rings. The predicted octanol–water partition coefficient (Wildman–Crippen LogP) is 3.48. The number of benzene rings is 2. The molecule has 0 aromatic heterocycles. The topological polar surface area (TPSA) is 67.4 Å². The van der Waals surface area contributed by atoms with Crippen LogP contribution in [0.2, 0.25) is 0 Å². The number of anilines is 1. The van der Waals surface area contributed by atoms with Crippen molar-refractivity contribution in [3.05, 3.63) is 59.9 Å². The highest BCUT2D eigenvalue weighted by Crippen LogP contribution is 2.17. The first-order valence-corrected chi connectivity index (χ1v) is 8.60. The van der Waals surface area contributed by atoms with Gasteiger partial charge in [-0.25, -0.2) is 4.39 Å². The molecule has 0 aliphatic carbocycles. The van der Waals surface area contributed by atoms with Crippen LogP contribution in [0.25, 0.3) is 0 Å². The van der Waals surface area contributed by atoms with Crippen LogP contribution in [0.15, 0.2) is 48.5 Å². The smallest absolute Gasteiger partial charge is 0.226 e. The van der Waals surface area contributed by atoms with Crippen LogP contribution in [0, 0.1) is 5.82 Å². The van der Waals surface area contributed by atoms with Crippen molar-refractivity contribution in [3.8, 4) is 5.75 Å². The van der Waals surface area contributed by atoms with Crippen molar-refractivity contribution in [1.82, 2.24) is 5.32 Å². The Hall–Kier alpha value is -2.60. The summed E-state index contributed by atoms with van der Waals surface area (Å²) in [5.74, 6) is -0.0382. The average molecular weight is 379 g/mol. The van der Waals surface area contributed by atoms with Gasteiger partial charge in [0.1, 0.15) is 18.2 Å². The summed E-state index contributed by atoms with van der Waals surface area (Å²) in [6.07, 6.45) is 0.0842. The van der Waals surface area contributed by atoms with Crippen LogP contribution in [-0.4, -0.2) is 23.7 Å². The van der Waals surface area contributed by atoms with Crippen molar-refractivity contribution in [3.63, 3.8) is 0 Å². The van der Waals surface area contributed by atoms with E-state index in [2.05, 4.69) is 10.6 Å². The van der Waals surface area contributed by atoms with E-state index >= 15 is 0 Å². The summed E-state index contributed by atoms with van der Waals surface area (Å²) in [5, 5.41) is 5.35. The van der Waals surface area contributed by atoms with Crippen LogP contribution in [0.3, 0.4) is 0 Å². The number of rotatable bonds is 8. The van der Waals surface area contributed by atoms with E-state index in [1.54, 1.807) is 36.4 Å². The molecule has 5 nitrogen and oxygen atoms in total. The Kier molecular flexibility index (Phi) is 7.41. The SMILES string of the molecule is CC(=O)N[C@H](CCl)CC(=O)Nc1ccc(OCc2cccc(F)c2)cc1. The molecule has 0 aliphatic heterocycles. The minimum absolute atomic E-state index is 0.0842. The molecule has 2 amide bonds. The Morgan fingerprint density at radius 3 is 2.54 bits per heavy atom. The maximum Gasteiger partial charge on any atom is 0.226 e. The molecule has 0 saturated carbocycles. The molecule has 1 atom stereocenters. The monoisotopic (exact) mass is 378 g/mol.